The molecule has 2 rings (SSSR count). The SMILES string of the molecule is CC(C)(C)OC(=O)Nc1ccc(C#CCNC(=O)OCc2ccccc2)cc1F. The van der Waals surface area contributed by atoms with E-state index < -0.39 is 23.6 Å². The van der Waals surface area contributed by atoms with Crippen molar-refractivity contribution in [3.63, 3.8) is 0 Å². The fraction of sp³-hybridized carbons (Fsp3) is 0.273. The normalized spacial score (nSPS) is 10.3. The largest absolute Gasteiger partial charge is 0.445 e. The molecular formula is C22H23FN2O4. The summed E-state index contributed by atoms with van der Waals surface area (Å²) in [5.74, 6) is 4.80. The Morgan fingerprint density at radius 1 is 1.07 bits per heavy atom. The molecule has 0 aliphatic carbocycles. The van der Waals surface area contributed by atoms with E-state index >= 15 is 0 Å². The molecule has 0 fully saturated rings. The van der Waals surface area contributed by atoms with Gasteiger partial charge in [-0.15, -0.1) is 0 Å². The summed E-state index contributed by atoms with van der Waals surface area (Å²) in [7, 11) is 0. The number of amides is 2. The van der Waals surface area contributed by atoms with Crippen molar-refractivity contribution in [2.75, 3.05) is 11.9 Å². The third-order valence-corrected chi connectivity index (χ3v) is 3.37. The van der Waals surface area contributed by atoms with Gasteiger partial charge in [-0.25, -0.2) is 14.0 Å². The first kappa shape index (κ1) is 21.8. The van der Waals surface area contributed by atoms with Gasteiger partial charge < -0.3 is 14.8 Å². The molecule has 0 bridgehead atoms. The van der Waals surface area contributed by atoms with Crippen molar-refractivity contribution in [2.45, 2.75) is 33.0 Å². The number of hydrogen-bond donors (Lipinski definition) is 2. The van der Waals surface area contributed by atoms with Crippen LogP contribution in [-0.4, -0.2) is 24.3 Å². The fourth-order valence-electron chi connectivity index (χ4n) is 2.14. The predicted molar refractivity (Wildman–Crippen MR) is 108 cm³/mol. The van der Waals surface area contributed by atoms with E-state index in [-0.39, 0.29) is 18.8 Å². The molecule has 0 radical (unpaired) electrons. The summed E-state index contributed by atoms with van der Waals surface area (Å²) in [6.45, 7) is 5.36. The van der Waals surface area contributed by atoms with Crippen LogP contribution in [0.25, 0.3) is 0 Å². The highest BCUT2D eigenvalue weighted by atomic mass is 19.1. The van der Waals surface area contributed by atoms with Crippen LogP contribution in [0.2, 0.25) is 0 Å². The highest BCUT2D eigenvalue weighted by molar-refractivity contribution is 5.85. The zero-order chi connectivity index (χ0) is 21.3. The number of ether oxygens (including phenoxy) is 2. The zero-order valence-corrected chi connectivity index (χ0v) is 16.5. The highest BCUT2D eigenvalue weighted by Gasteiger charge is 2.17. The van der Waals surface area contributed by atoms with Gasteiger partial charge in [0.25, 0.3) is 0 Å². The second kappa shape index (κ2) is 10.1. The monoisotopic (exact) mass is 398 g/mol. The molecular weight excluding hydrogens is 375 g/mol. The van der Waals surface area contributed by atoms with Crippen LogP contribution in [0.5, 0.6) is 0 Å². The van der Waals surface area contributed by atoms with Gasteiger partial charge in [-0.05, 0) is 44.5 Å². The van der Waals surface area contributed by atoms with Crippen molar-refractivity contribution in [3.8, 4) is 11.8 Å². The molecule has 2 aromatic carbocycles. The molecule has 2 N–H and O–H groups in total. The molecule has 2 amide bonds. The number of benzene rings is 2. The lowest BCUT2D eigenvalue weighted by Crippen LogP contribution is -2.27. The number of rotatable bonds is 4. The first-order valence-corrected chi connectivity index (χ1v) is 8.96. The van der Waals surface area contributed by atoms with Crippen LogP contribution in [0.3, 0.4) is 0 Å². The lowest BCUT2D eigenvalue weighted by atomic mass is 10.2. The molecule has 0 aromatic heterocycles. The number of carbonyl (C=O) groups is 2. The Hall–Kier alpha value is -3.53. The Bertz CT molecular complexity index is 912. The molecule has 152 valence electrons. The second-order valence-electron chi connectivity index (χ2n) is 7.04. The summed E-state index contributed by atoms with van der Waals surface area (Å²) < 4.78 is 24.3. The Morgan fingerprint density at radius 2 is 1.79 bits per heavy atom. The molecule has 0 saturated heterocycles. The van der Waals surface area contributed by atoms with Crippen LogP contribution >= 0.6 is 0 Å². The molecule has 0 aliphatic heterocycles. The van der Waals surface area contributed by atoms with E-state index in [1.807, 2.05) is 30.3 Å². The summed E-state index contributed by atoms with van der Waals surface area (Å²) in [6.07, 6.45) is -1.33. The molecule has 0 atom stereocenters. The summed E-state index contributed by atoms with van der Waals surface area (Å²) in [5.41, 5.74) is 0.592. The van der Waals surface area contributed by atoms with E-state index in [9.17, 15) is 14.0 Å². The highest BCUT2D eigenvalue weighted by Crippen LogP contribution is 2.17. The molecule has 6 nitrogen and oxygen atoms in total. The van der Waals surface area contributed by atoms with Gasteiger partial charge >= 0.3 is 12.2 Å². The Kier molecular flexibility index (Phi) is 7.61. The van der Waals surface area contributed by atoms with Gasteiger partial charge in [-0.3, -0.25) is 5.32 Å². The molecule has 0 aliphatic rings. The van der Waals surface area contributed by atoms with Crippen LogP contribution in [0.15, 0.2) is 48.5 Å². The summed E-state index contributed by atoms with van der Waals surface area (Å²) in [4.78, 5) is 23.3. The lowest BCUT2D eigenvalue weighted by molar-refractivity contribution is 0.0635. The van der Waals surface area contributed by atoms with Crippen LogP contribution in [0.1, 0.15) is 31.9 Å². The number of anilines is 1. The summed E-state index contributed by atoms with van der Waals surface area (Å²) in [6, 6.07) is 13.4. The van der Waals surface area contributed by atoms with Crippen molar-refractivity contribution in [2.24, 2.45) is 0 Å². The standard InChI is InChI=1S/C22H23FN2O4/c1-22(2,3)29-21(27)25-19-12-11-16(14-18(19)23)10-7-13-24-20(26)28-15-17-8-5-4-6-9-17/h4-6,8-9,11-12,14H,13,15H2,1-3H3,(H,24,26)(H,25,27). The van der Waals surface area contributed by atoms with E-state index in [2.05, 4.69) is 22.5 Å². The minimum absolute atomic E-state index is 0.00702. The second-order valence-corrected chi connectivity index (χ2v) is 7.04. The fourth-order valence-corrected chi connectivity index (χ4v) is 2.14. The smallest absolute Gasteiger partial charge is 0.412 e. The maximum atomic E-state index is 14.1. The van der Waals surface area contributed by atoms with Gasteiger partial charge in [0.1, 0.15) is 18.0 Å². The summed E-state index contributed by atoms with van der Waals surface area (Å²) in [5, 5.41) is 4.84. The van der Waals surface area contributed by atoms with Crippen LogP contribution in [0, 0.1) is 17.7 Å². The molecule has 29 heavy (non-hydrogen) atoms. The predicted octanol–water partition coefficient (Wildman–Crippen LogP) is 4.45. The van der Waals surface area contributed by atoms with Gasteiger partial charge in [0.05, 0.1) is 12.2 Å². The first-order chi connectivity index (χ1) is 13.7. The van der Waals surface area contributed by atoms with E-state index in [1.165, 1.54) is 12.1 Å². The molecule has 0 spiro atoms. The Balaban J connectivity index is 1.80. The number of alkyl carbamates (subject to hydrolysis) is 1. The number of carbonyl (C=O) groups excluding carboxylic acids is 2. The van der Waals surface area contributed by atoms with E-state index in [4.69, 9.17) is 9.47 Å². The van der Waals surface area contributed by atoms with E-state index in [1.54, 1.807) is 26.8 Å². The van der Waals surface area contributed by atoms with E-state index in [0.717, 1.165) is 5.56 Å². The molecule has 0 saturated carbocycles. The zero-order valence-electron chi connectivity index (χ0n) is 16.5. The Labute approximate surface area is 169 Å². The van der Waals surface area contributed by atoms with Crippen LogP contribution in [0.4, 0.5) is 19.7 Å². The van der Waals surface area contributed by atoms with Gasteiger partial charge in [0.15, 0.2) is 0 Å². The van der Waals surface area contributed by atoms with Crippen molar-refractivity contribution >= 4 is 17.9 Å². The van der Waals surface area contributed by atoms with E-state index in [0.29, 0.717) is 5.56 Å². The van der Waals surface area contributed by atoms with Crippen molar-refractivity contribution in [3.05, 3.63) is 65.5 Å². The third kappa shape index (κ3) is 8.35. The average molecular weight is 398 g/mol. The lowest BCUT2D eigenvalue weighted by Gasteiger charge is -2.19. The minimum Gasteiger partial charge on any atom is -0.445 e. The molecule has 7 heteroatoms. The third-order valence-electron chi connectivity index (χ3n) is 3.37. The maximum Gasteiger partial charge on any atom is 0.412 e. The first-order valence-electron chi connectivity index (χ1n) is 8.96. The van der Waals surface area contributed by atoms with Crippen molar-refractivity contribution in [1.82, 2.24) is 5.32 Å². The van der Waals surface area contributed by atoms with Crippen molar-refractivity contribution < 1.29 is 23.5 Å². The molecule has 2 aromatic rings. The number of halogens is 1. The van der Waals surface area contributed by atoms with Crippen LogP contribution < -0.4 is 10.6 Å². The van der Waals surface area contributed by atoms with Gasteiger partial charge in [0.2, 0.25) is 0 Å². The summed E-state index contributed by atoms with van der Waals surface area (Å²) >= 11 is 0. The number of nitrogens with one attached hydrogen (secondary N) is 2. The number of hydrogen-bond acceptors (Lipinski definition) is 4. The topological polar surface area (TPSA) is 76.7 Å². The molecule has 0 unspecified atom stereocenters. The van der Waals surface area contributed by atoms with Gasteiger partial charge in [0, 0.05) is 5.56 Å². The molecule has 0 heterocycles. The average Bonchev–Trinajstić information content (AvgIpc) is 2.65. The quantitative estimate of drug-likeness (QED) is 0.746. The van der Waals surface area contributed by atoms with Gasteiger partial charge in [-0.2, -0.15) is 0 Å². The van der Waals surface area contributed by atoms with Crippen LogP contribution in [-0.2, 0) is 16.1 Å². The Morgan fingerprint density at radius 3 is 2.45 bits per heavy atom. The van der Waals surface area contributed by atoms with Gasteiger partial charge in [-0.1, -0.05) is 42.2 Å². The van der Waals surface area contributed by atoms with Crippen molar-refractivity contribution in [1.29, 1.82) is 0 Å². The maximum absolute atomic E-state index is 14.1. The minimum atomic E-state index is -0.742.